The summed E-state index contributed by atoms with van der Waals surface area (Å²) in [6.07, 6.45) is 0.947. The van der Waals surface area contributed by atoms with E-state index in [1.165, 1.54) is 0 Å². The molecule has 2 aromatic rings. The lowest BCUT2D eigenvalue weighted by molar-refractivity contribution is 0.103. The Labute approximate surface area is 154 Å². The van der Waals surface area contributed by atoms with Crippen LogP contribution in [0.4, 0.5) is 0 Å². The van der Waals surface area contributed by atoms with Crippen LogP contribution in [0, 0.1) is 3.57 Å². The number of hydrogen-bond acceptors (Lipinski definition) is 2. The summed E-state index contributed by atoms with van der Waals surface area (Å²) in [5.41, 5.74) is 1.30. The average molecular weight is 524 g/mol. The molecule has 110 valence electrons. The van der Waals surface area contributed by atoms with Crippen LogP contribution >= 0.6 is 54.5 Å². The first-order chi connectivity index (χ1) is 10.0. The van der Waals surface area contributed by atoms with Crippen molar-refractivity contribution in [2.24, 2.45) is 0 Å². The lowest BCUT2D eigenvalue weighted by Crippen LogP contribution is -2.04. The molecule has 0 aromatic heterocycles. The predicted octanol–water partition coefficient (Wildman–Crippen LogP) is 5.84. The van der Waals surface area contributed by atoms with Gasteiger partial charge in [-0.15, -0.1) is 0 Å². The van der Waals surface area contributed by atoms with Crippen LogP contribution in [0.25, 0.3) is 0 Å². The lowest BCUT2D eigenvalue weighted by atomic mass is 10.0. The summed E-state index contributed by atoms with van der Waals surface area (Å²) >= 11 is 9.10. The van der Waals surface area contributed by atoms with Gasteiger partial charge in [0.1, 0.15) is 5.75 Å². The van der Waals surface area contributed by atoms with Crippen LogP contribution in [0.3, 0.4) is 0 Å². The zero-order chi connectivity index (χ0) is 15.4. The molecule has 2 aromatic carbocycles. The van der Waals surface area contributed by atoms with Crippen molar-refractivity contribution in [1.29, 1.82) is 0 Å². The second kappa shape index (κ2) is 7.74. The van der Waals surface area contributed by atoms with Crippen LogP contribution in [0.1, 0.15) is 29.3 Å². The maximum absolute atomic E-state index is 12.6. The summed E-state index contributed by atoms with van der Waals surface area (Å²) in [6.45, 7) is 2.72. The number of halogens is 3. The third-order valence-electron chi connectivity index (χ3n) is 2.83. The topological polar surface area (TPSA) is 26.3 Å². The minimum atomic E-state index is -0.0110. The summed E-state index contributed by atoms with van der Waals surface area (Å²) in [4.78, 5) is 12.6. The van der Waals surface area contributed by atoms with Gasteiger partial charge < -0.3 is 4.74 Å². The molecule has 0 aliphatic carbocycles. The van der Waals surface area contributed by atoms with Crippen LogP contribution < -0.4 is 4.74 Å². The van der Waals surface area contributed by atoms with Crippen LogP contribution in [0.5, 0.6) is 5.75 Å². The maximum Gasteiger partial charge on any atom is 0.194 e. The van der Waals surface area contributed by atoms with E-state index in [-0.39, 0.29) is 5.78 Å². The van der Waals surface area contributed by atoms with Gasteiger partial charge in [-0.25, -0.2) is 0 Å². The van der Waals surface area contributed by atoms with Crippen LogP contribution in [-0.2, 0) is 0 Å². The highest BCUT2D eigenvalue weighted by molar-refractivity contribution is 14.1. The van der Waals surface area contributed by atoms with Crippen molar-refractivity contribution in [2.45, 2.75) is 13.3 Å². The van der Waals surface area contributed by atoms with Crippen LogP contribution in [0.2, 0.25) is 0 Å². The highest BCUT2D eigenvalue weighted by Gasteiger charge is 2.14. The Bertz CT molecular complexity index is 671. The minimum absolute atomic E-state index is 0.0110. The SMILES string of the molecule is CCCOc1ccc(C(=O)c2cc(I)ccc2Br)cc1Br. The minimum Gasteiger partial charge on any atom is -0.492 e. The first kappa shape index (κ1) is 17.0. The number of hydrogen-bond donors (Lipinski definition) is 0. The molecule has 2 rings (SSSR count). The Balaban J connectivity index is 2.31. The monoisotopic (exact) mass is 522 g/mol. The molecule has 5 heteroatoms. The van der Waals surface area contributed by atoms with E-state index >= 15 is 0 Å². The zero-order valence-electron chi connectivity index (χ0n) is 11.3. The molecule has 0 aliphatic heterocycles. The van der Waals surface area contributed by atoms with Crippen molar-refractivity contribution in [3.63, 3.8) is 0 Å². The van der Waals surface area contributed by atoms with E-state index in [4.69, 9.17) is 4.74 Å². The van der Waals surface area contributed by atoms with E-state index in [0.717, 1.165) is 24.7 Å². The molecule has 0 spiro atoms. The first-order valence-electron chi connectivity index (χ1n) is 6.45. The molecule has 21 heavy (non-hydrogen) atoms. The van der Waals surface area contributed by atoms with Crippen molar-refractivity contribution in [3.8, 4) is 5.75 Å². The zero-order valence-corrected chi connectivity index (χ0v) is 16.7. The fourth-order valence-electron chi connectivity index (χ4n) is 1.80. The lowest BCUT2D eigenvalue weighted by Gasteiger charge is -2.09. The van der Waals surface area contributed by atoms with Gasteiger partial charge in [-0.05, 0) is 81.3 Å². The van der Waals surface area contributed by atoms with Gasteiger partial charge in [0.2, 0.25) is 0 Å². The van der Waals surface area contributed by atoms with E-state index in [1.807, 2.05) is 24.3 Å². The average Bonchev–Trinajstić information content (AvgIpc) is 2.47. The molecular weight excluding hydrogens is 511 g/mol. The third kappa shape index (κ3) is 4.29. The van der Waals surface area contributed by atoms with Crippen LogP contribution in [0.15, 0.2) is 45.3 Å². The fourth-order valence-corrected chi connectivity index (χ4v) is 3.21. The van der Waals surface area contributed by atoms with E-state index in [9.17, 15) is 4.79 Å². The van der Waals surface area contributed by atoms with Gasteiger partial charge in [-0.1, -0.05) is 22.9 Å². The first-order valence-corrected chi connectivity index (χ1v) is 9.11. The molecule has 0 aliphatic rings. The van der Waals surface area contributed by atoms with Crippen molar-refractivity contribution in [2.75, 3.05) is 6.61 Å². The highest BCUT2D eigenvalue weighted by atomic mass is 127. The third-order valence-corrected chi connectivity index (χ3v) is 4.81. The van der Waals surface area contributed by atoms with Gasteiger partial charge in [0.05, 0.1) is 11.1 Å². The Morgan fingerprint density at radius 2 is 1.90 bits per heavy atom. The second-order valence-corrected chi connectivity index (χ2v) is 7.40. The molecule has 0 radical (unpaired) electrons. The van der Waals surface area contributed by atoms with Gasteiger partial charge >= 0.3 is 0 Å². The maximum atomic E-state index is 12.6. The Hall–Kier alpha value is -0.400. The molecular formula is C16H13Br2IO2. The van der Waals surface area contributed by atoms with Gasteiger partial charge in [-0.3, -0.25) is 4.79 Å². The van der Waals surface area contributed by atoms with E-state index in [0.29, 0.717) is 17.7 Å². The number of rotatable bonds is 5. The van der Waals surface area contributed by atoms with Gasteiger partial charge in [0.15, 0.2) is 5.78 Å². The molecule has 0 fully saturated rings. The Morgan fingerprint density at radius 1 is 1.14 bits per heavy atom. The molecule has 2 nitrogen and oxygen atoms in total. The molecule has 0 saturated heterocycles. The van der Waals surface area contributed by atoms with Crippen molar-refractivity contribution < 1.29 is 9.53 Å². The van der Waals surface area contributed by atoms with Crippen molar-refractivity contribution in [3.05, 3.63) is 60.0 Å². The normalized spacial score (nSPS) is 10.5. The summed E-state index contributed by atoms with van der Waals surface area (Å²) in [7, 11) is 0. The number of ether oxygens (including phenoxy) is 1. The highest BCUT2D eigenvalue weighted by Crippen LogP contribution is 2.29. The number of carbonyl (C=O) groups excluding carboxylic acids is 1. The van der Waals surface area contributed by atoms with Crippen LogP contribution in [-0.4, -0.2) is 12.4 Å². The van der Waals surface area contributed by atoms with Crippen molar-refractivity contribution in [1.82, 2.24) is 0 Å². The standard InChI is InChI=1S/C16H13Br2IO2/c1-2-7-21-15-6-3-10(8-14(15)18)16(20)12-9-11(19)4-5-13(12)17/h3-6,8-9H,2,7H2,1H3. The predicted molar refractivity (Wildman–Crippen MR) is 100 cm³/mol. The summed E-state index contributed by atoms with van der Waals surface area (Å²) < 4.78 is 8.23. The van der Waals surface area contributed by atoms with Crippen molar-refractivity contribution >= 4 is 60.2 Å². The molecule has 0 saturated carbocycles. The second-order valence-electron chi connectivity index (χ2n) is 4.45. The van der Waals surface area contributed by atoms with Gasteiger partial charge in [0.25, 0.3) is 0 Å². The summed E-state index contributed by atoms with van der Waals surface area (Å²) in [5, 5.41) is 0. The number of ketones is 1. The number of carbonyl (C=O) groups is 1. The van der Waals surface area contributed by atoms with Gasteiger partial charge in [0, 0.05) is 19.2 Å². The number of benzene rings is 2. The van der Waals surface area contributed by atoms with Gasteiger partial charge in [-0.2, -0.15) is 0 Å². The molecule has 0 unspecified atom stereocenters. The summed E-state index contributed by atoms with van der Waals surface area (Å²) in [6, 6.07) is 11.2. The molecule has 0 heterocycles. The quantitative estimate of drug-likeness (QED) is 0.364. The van der Waals surface area contributed by atoms with E-state index in [2.05, 4.69) is 61.4 Å². The smallest absolute Gasteiger partial charge is 0.194 e. The molecule has 0 atom stereocenters. The fraction of sp³-hybridized carbons (Fsp3) is 0.188. The largest absolute Gasteiger partial charge is 0.492 e. The Morgan fingerprint density at radius 3 is 2.57 bits per heavy atom. The van der Waals surface area contributed by atoms with E-state index < -0.39 is 0 Å². The Kier molecular flexibility index (Phi) is 6.25. The van der Waals surface area contributed by atoms with E-state index in [1.54, 1.807) is 12.1 Å². The summed E-state index contributed by atoms with van der Waals surface area (Å²) in [5.74, 6) is 0.748. The molecule has 0 amide bonds. The molecule has 0 N–H and O–H groups in total. The molecule has 0 bridgehead atoms.